The number of nitrogens with two attached hydrogens (primary N) is 1. The molecule has 1 aliphatic carbocycles. The third kappa shape index (κ3) is 4.97. The first kappa shape index (κ1) is 13.5. The molecule has 0 aromatic carbocycles. The fraction of sp³-hybridized carbons (Fsp3) is 0.923. The SMILES string of the molecule is CC1CCCCCC1NC(=O)CCCCN. The largest absolute Gasteiger partial charge is 0.353 e. The first-order chi connectivity index (χ1) is 7.74. The van der Waals surface area contributed by atoms with Gasteiger partial charge in [0.05, 0.1) is 0 Å². The van der Waals surface area contributed by atoms with E-state index in [-0.39, 0.29) is 5.91 Å². The monoisotopic (exact) mass is 226 g/mol. The van der Waals surface area contributed by atoms with Crippen molar-refractivity contribution in [3.8, 4) is 0 Å². The van der Waals surface area contributed by atoms with Gasteiger partial charge in [0.15, 0.2) is 0 Å². The maximum atomic E-state index is 11.7. The van der Waals surface area contributed by atoms with E-state index in [9.17, 15) is 4.79 Å². The number of rotatable bonds is 5. The molecule has 0 aliphatic heterocycles. The summed E-state index contributed by atoms with van der Waals surface area (Å²) < 4.78 is 0. The maximum absolute atomic E-state index is 11.7. The smallest absolute Gasteiger partial charge is 0.220 e. The normalized spacial score (nSPS) is 26.1. The molecule has 94 valence electrons. The minimum atomic E-state index is 0.215. The van der Waals surface area contributed by atoms with E-state index in [2.05, 4.69) is 12.2 Å². The zero-order valence-electron chi connectivity index (χ0n) is 10.5. The summed E-state index contributed by atoms with van der Waals surface area (Å²) in [5.74, 6) is 0.855. The first-order valence-electron chi connectivity index (χ1n) is 6.73. The van der Waals surface area contributed by atoms with Crippen LogP contribution in [0.25, 0.3) is 0 Å². The van der Waals surface area contributed by atoms with Crippen LogP contribution in [0.4, 0.5) is 0 Å². The van der Waals surface area contributed by atoms with Gasteiger partial charge in [0.25, 0.3) is 0 Å². The second-order valence-electron chi connectivity index (χ2n) is 5.04. The lowest BCUT2D eigenvalue weighted by Crippen LogP contribution is -2.38. The lowest BCUT2D eigenvalue weighted by atomic mass is 9.97. The average molecular weight is 226 g/mol. The lowest BCUT2D eigenvalue weighted by Gasteiger charge is -2.22. The summed E-state index contributed by atoms with van der Waals surface area (Å²) in [5.41, 5.74) is 5.41. The van der Waals surface area contributed by atoms with Gasteiger partial charge in [-0.15, -0.1) is 0 Å². The van der Waals surface area contributed by atoms with Crippen LogP contribution in [0.5, 0.6) is 0 Å². The van der Waals surface area contributed by atoms with Crippen molar-refractivity contribution in [3.05, 3.63) is 0 Å². The molecule has 0 radical (unpaired) electrons. The van der Waals surface area contributed by atoms with E-state index in [1.54, 1.807) is 0 Å². The molecule has 1 aliphatic rings. The van der Waals surface area contributed by atoms with Crippen LogP contribution in [0.3, 0.4) is 0 Å². The molecule has 16 heavy (non-hydrogen) atoms. The van der Waals surface area contributed by atoms with Crippen LogP contribution >= 0.6 is 0 Å². The van der Waals surface area contributed by atoms with E-state index in [1.165, 1.54) is 25.7 Å². The summed E-state index contributed by atoms with van der Waals surface area (Å²) >= 11 is 0. The van der Waals surface area contributed by atoms with E-state index in [4.69, 9.17) is 5.73 Å². The molecule has 0 aromatic heterocycles. The number of hydrogen-bond donors (Lipinski definition) is 2. The molecule has 0 bridgehead atoms. The predicted octanol–water partition coefficient (Wildman–Crippen LogP) is 2.20. The Morgan fingerprint density at radius 1 is 1.25 bits per heavy atom. The van der Waals surface area contributed by atoms with Crippen molar-refractivity contribution in [2.45, 2.75) is 64.3 Å². The Morgan fingerprint density at radius 3 is 2.75 bits per heavy atom. The molecule has 0 heterocycles. The molecule has 0 spiro atoms. The third-order valence-corrected chi connectivity index (χ3v) is 3.57. The standard InChI is InChI=1S/C13H26N2O/c1-11-7-3-2-4-8-12(11)15-13(16)9-5-6-10-14/h11-12H,2-10,14H2,1H3,(H,15,16). The van der Waals surface area contributed by atoms with Crippen LogP contribution in [0.1, 0.15) is 58.3 Å². The zero-order valence-corrected chi connectivity index (χ0v) is 10.5. The Hall–Kier alpha value is -0.570. The van der Waals surface area contributed by atoms with Gasteiger partial charge in [-0.1, -0.05) is 26.2 Å². The van der Waals surface area contributed by atoms with Crippen LogP contribution in [-0.4, -0.2) is 18.5 Å². The lowest BCUT2D eigenvalue weighted by molar-refractivity contribution is -0.122. The quantitative estimate of drug-likeness (QED) is 0.558. The van der Waals surface area contributed by atoms with Gasteiger partial charge in [0, 0.05) is 12.5 Å². The Balaban J connectivity index is 2.25. The van der Waals surface area contributed by atoms with E-state index >= 15 is 0 Å². The summed E-state index contributed by atoms with van der Waals surface area (Å²) in [6.45, 7) is 2.95. The molecule has 3 N–H and O–H groups in total. The van der Waals surface area contributed by atoms with Crippen LogP contribution in [0.15, 0.2) is 0 Å². The molecule has 1 amide bonds. The fourth-order valence-electron chi connectivity index (χ4n) is 2.42. The van der Waals surface area contributed by atoms with Crippen molar-refractivity contribution in [2.24, 2.45) is 11.7 Å². The molecule has 1 rings (SSSR count). The molecule has 3 nitrogen and oxygen atoms in total. The number of carbonyl (C=O) groups is 1. The van der Waals surface area contributed by atoms with Crippen molar-refractivity contribution in [3.63, 3.8) is 0 Å². The van der Waals surface area contributed by atoms with E-state index in [1.807, 2.05) is 0 Å². The van der Waals surface area contributed by atoms with Crippen LogP contribution in [-0.2, 0) is 4.79 Å². The maximum Gasteiger partial charge on any atom is 0.220 e. The number of carbonyl (C=O) groups excluding carboxylic acids is 1. The minimum absolute atomic E-state index is 0.215. The van der Waals surface area contributed by atoms with Gasteiger partial charge in [0.1, 0.15) is 0 Å². The average Bonchev–Trinajstić information content (AvgIpc) is 2.45. The molecule has 1 saturated carbocycles. The van der Waals surface area contributed by atoms with Crippen molar-refractivity contribution >= 4 is 5.91 Å². The van der Waals surface area contributed by atoms with Crippen molar-refractivity contribution in [1.29, 1.82) is 0 Å². The Bertz CT molecular complexity index is 206. The summed E-state index contributed by atoms with van der Waals surface area (Å²) in [7, 11) is 0. The second-order valence-corrected chi connectivity index (χ2v) is 5.04. The summed E-state index contributed by atoms with van der Waals surface area (Å²) in [5, 5.41) is 3.19. The van der Waals surface area contributed by atoms with Crippen molar-refractivity contribution in [2.75, 3.05) is 6.54 Å². The van der Waals surface area contributed by atoms with E-state index in [0.717, 1.165) is 19.3 Å². The highest BCUT2D eigenvalue weighted by Crippen LogP contribution is 2.22. The molecule has 1 fully saturated rings. The molecular formula is C13H26N2O. The van der Waals surface area contributed by atoms with Crippen LogP contribution in [0, 0.1) is 5.92 Å². The Morgan fingerprint density at radius 2 is 2.00 bits per heavy atom. The summed E-state index contributed by atoms with van der Waals surface area (Å²) in [6, 6.07) is 0.410. The Kier molecular flexibility index (Phi) is 6.46. The van der Waals surface area contributed by atoms with Gasteiger partial charge in [-0.3, -0.25) is 4.79 Å². The summed E-state index contributed by atoms with van der Waals surface area (Å²) in [4.78, 5) is 11.7. The predicted molar refractivity (Wildman–Crippen MR) is 67.1 cm³/mol. The van der Waals surface area contributed by atoms with Gasteiger partial charge in [-0.25, -0.2) is 0 Å². The molecule has 2 atom stereocenters. The summed E-state index contributed by atoms with van der Waals surface area (Å²) in [6.07, 6.45) is 8.83. The van der Waals surface area contributed by atoms with Gasteiger partial charge in [-0.05, 0) is 38.1 Å². The number of amides is 1. The Labute approximate surface area is 99.2 Å². The molecular weight excluding hydrogens is 200 g/mol. The minimum Gasteiger partial charge on any atom is -0.353 e. The van der Waals surface area contributed by atoms with Crippen molar-refractivity contribution in [1.82, 2.24) is 5.32 Å². The number of nitrogens with one attached hydrogen (secondary N) is 1. The number of hydrogen-bond acceptors (Lipinski definition) is 2. The van der Waals surface area contributed by atoms with E-state index in [0.29, 0.717) is 24.9 Å². The highest BCUT2D eigenvalue weighted by Gasteiger charge is 2.20. The first-order valence-corrected chi connectivity index (χ1v) is 6.73. The zero-order chi connectivity index (χ0) is 11.8. The molecule has 2 unspecified atom stereocenters. The fourth-order valence-corrected chi connectivity index (χ4v) is 2.42. The van der Waals surface area contributed by atoms with E-state index < -0.39 is 0 Å². The molecule has 0 saturated heterocycles. The van der Waals surface area contributed by atoms with Gasteiger partial charge in [0.2, 0.25) is 5.91 Å². The molecule has 3 heteroatoms. The number of unbranched alkanes of at least 4 members (excludes halogenated alkanes) is 1. The van der Waals surface area contributed by atoms with Gasteiger partial charge >= 0.3 is 0 Å². The second kappa shape index (κ2) is 7.66. The van der Waals surface area contributed by atoms with Gasteiger partial charge < -0.3 is 11.1 Å². The topological polar surface area (TPSA) is 55.1 Å². The van der Waals surface area contributed by atoms with Crippen LogP contribution in [0.2, 0.25) is 0 Å². The van der Waals surface area contributed by atoms with Crippen LogP contribution < -0.4 is 11.1 Å². The molecule has 0 aromatic rings. The van der Waals surface area contributed by atoms with Crippen molar-refractivity contribution < 1.29 is 4.79 Å². The highest BCUT2D eigenvalue weighted by atomic mass is 16.1. The highest BCUT2D eigenvalue weighted by molar-refractivity contribution is 5.76. The third-order valence-electron chi connectivity index (χ3n) is 3.57. The van der Waals surface area contributed by atoms with Gasteiger partial charge in [-0.2, -0.15) is 0 Å².